The molecule has 0 spiro atoms. The molecule has 2 heteroatoms. The highest BCUT2D eigenvalue weighted by atomic mass is 16.5. The molecule has 0 fully saturated rings. The van der Waals surface area contributed by atoms with Crippen LogP contribution in [-0.4, -0.2) is 24.2 Å². The van der Waals surface area contributed by atoms with Gasteiger partial charge >= 0.3 is 0 Å². The summed E-state index contributed by atoms with van der Waals surface area (Å²) >= 11 is 0. The van der Waals surface area contributed by atoms with Gasteiger partial charge in [-0.1, -0.05) is 72.8 Å². The topological polar surface area (TPSA) is 12.5 Å². The summed E-state index contributed by atoms with van der Waals surface area (Å²) in [6, 6.07) is 21.3. The van der Waals surface area contributed by atoms with Crippen LogP contribution >= 0.6 is 0 Å². The summed E-state index contributed by atoms with van der Waals surface area (Å²) < 4.78 is 5.71. The van der Waals surface area contributed by atoms with Gasteiger partial charge in [-0.2, -0.15) is 0 Å². The first-order valence-electron chi connectivity index (χ1n) is 7.48. The molecular weight excluding hydrogens is 258 g/mol. The minimum absolute atomic E-state index is 0.220. The van der Waals surface area contributed by atoms with E-state index in [1.54, 1.807) is 0 Å². The summed E-state index contributed by atoms with van der Waals surface area (Å²) in [4.78, 5) is 2.45. The van der Waals surface area contributed by atoms with Crippen LogP contribution in [0.4, 0.5) is 0 Å². The predicted molar refractivity (Wildman–Crippen MR) is 85.9 cm³/mol. The Morgan fingerprint density at radius 3 is 1.90 bits per heavy atom. The summed E-state index contributed by atoms with van der Waals surface area (Å²) in [5, 5.41) is 0. The summed E-state index contributed by atoms with van der Waals surface area (Å²) in [6.07, 6.45) is 4.49. The van der Waals surface area contributed by atoms with Gasteiger partial charge in [-0.05, 0) is 11.1 Å². The first kappa shape index (κ1) is 14.1. The highest BCUT2D eigenvalue weighted by Gasteiger charge is 2.15. The molecule has 1 aliphatic rings. The lowest BCUT2D eigenvalue weighted by atomic mass is 10.1. The van der Waals surface area contributed by atoms with Crippen molar-refractivity contribution in [3.8, 4) is 0 Å². The van der Waals surface area contributed by atoms with E-state index in [-0.39, 0.29) is 6.10 Å². The highest BCUT2D eigenvalue weighted by molar-refractivity contribution is 5.17. The SMILES string of the molecule is C1=C[C@@H](CN(Cc2ccccc2)Cc2ccccc2)OC1. The van der Waals surface area contributed by atoms with Gasteiger partial charge in [0.05, 0.1) is 12.7 Å². The number of rotatable bonds is 6. The van der Waals surface area contributed by atoms with E-state index in [1.807, 2.05) is 0 Å². The fourth-order valence-electron chi connectivity index (χ4n) is 2.68. The van der Waals surface area contributed by atoms with Crippen molar-refractivity contribution in [3.05, 3.63) is 83.9 Å². The molecule has 1 atom stereocenters. The molecule has 1 heterocycles. The molecule has 1 aliphatic heterocycles. The number of benzene rings is 2. The molecule has 21 heavy (non-hydrogen) atoms. The number of hydrogen-bond donors (Lipinski definition) is 0. The maximum atomic E-state index is 5.71. The van der Waals surface area contributed by atoms with Gasteiger partial charge in [0.15, 0.2) is 0 Å². The zero-order chi connectivity index (χ0) is 14.3. The molecular formula is C19H21NO. The minimum Gasteiger partial charge on any atom is -0.369 e. The molecule has 2 aromatic carbocycles. The Balaban J connectivity index is 1.69. The molecule has 2 aromatic rings. The molecule has 0 saturated heterocycles. The highest BCUT2D eigenvalue weighted by Crippen LogP contribution is 2.13. The molecule has 0 radical (unpaired) electrons. The van der Waals surface area contributed by atoms with Crippen LogP contribution in [0.5, 0.6) is 0 Å². The van der Waals surface area contributed by atoms with Gasteiger partial charge in [0.2, 0.25) is 0 Å². The fourth-order valence-corrected chi connectivity index (χ4v) is 2.68. The van der Waals surface area contributed by atoms with Gasteiger partial charge in [-0.15, -0.1) is 0 Å². The van der Waals surface area contributed by atoms with Gasteiger partial charge in [0, 0.05) is 19.6 Å². The summed E-state index contributed by atoms with van der Waals surface area (Å²) in [5.41, 5.74) is 2.69. The van der Waals surface area contributed by atoms with Gasteiger partial charge in [-0.25, -0.2) is 0 Å². The van der Waals surface area contributed by atoms with Crippen molar-refractivity contribution >= 4 is 0 Å². The molecule has 0 amide bonds. The van der Waals surface area contributed by atoms with Crippen LogP contribution in [0, 0.1) is 0 Å². The number of nitrogens with zero attached hydrogens (tertiary/aromatic N) is 1. The second-order valence-corrected chi connectivity index (χ2v) is 5.44. The van der Waals surface area contributed by atoms with Crippen LogP contribution in [0.2, 0.25) is 0 Å². The summed E-state index contributed by atoms with van der Waals surface area (Å²) in [7, 11) is 0. The third-order valence-corrected chi connectivity index (χ3v) is 3.69. The lowest BCUT2D eigenvalue weighted by molar-refractivity contribution is 0.0829. The van der Waals surface area contributed by atoms with Crippen LogP contribution in [-0.2, 0) is 17.8 Å². The van der Waals surface area contributed by atoms with E-state index in [0.29, 0.717) is 0 Å². The molecule has 0 aliphatic carbocycles. The second-order valence-electron chi connectivity index (χ2n) is 5.44. The Morgan fingerprint density at radius 1 is 0.857 bits per heavy atom. The first-order chi connectivity index (χ1) is 10.4. The van der Waals surface area contributed by atoms with Gasteiger partial charge in [0.25, 0.3) is 0 Å². The largest absolute Gasteiger partial charge is 0.369 e. The maximum absolute atomic E-state index is 5.71. The van der Waals surface area contributed by atoms with E-state index in [9.17, 15) is 0 Å². The molecule has 0 saturated carbocycles. The molecule has 3 rings (SSSR count). The minimum atomic E-state index is 0.220. The second kappa shape index (κ2) is 7.21. The van der Waals surface area contributed by atoms with Crippen molar-refractivity contribution in [3.63, 3.8) is 0 Å². The molecule has 0 aromatic heterocycles. The third kappa shape index (κ3) is 4.28. The van der Waals surface area contributed by atoms with Crippen molar-refractivity contribution in [1.29, 1.82) is 0 Å². The molecule has 0 N–H and O–H groups in total. The van der Waals surface area contributed by atoms with Crippen LogP contribution in [0.15, 0.2) is 72.8 Å². The zero-order valence-corrected chi connectivity index (χ0v) is 12.2. The normalized spacial score (nSPS) is 17.5. The fraction of sp³-hybridized carbons (Fsp3) is 0.263. The maximum Gasteiger partial charge on any atom is 0.0888 e. The van der Waals surface area contributed by atoms with Crippen molar-refractivity contribution in [2.45, 2.75) is 19.2 Å². The van der Waals surface area contributed by atoms with E-state index in [0.717, 1.165) is 26.2 Å². The Kier molecular flexibility index (Phi) is 4.82. The van der Waals surface area contributed by atoms with E-state index >= 15 is 0 Å². The molecule has 0 bridgehead atoms. The Morgan fingerprint density at radius 2 is 1.43 bits per heavy atom. The van der Waals surface area contributed by atoms with Crippen LogP contribution in [0.3, 0.4) is 0 Å². The van der Waals surface area contributed by atoms with E-state index in [2.05, 4.69) is 77.7 Å². The monoisotopic (exact) mass is 279 g/mol. The van der Waals surface area contributed by atoms with Crippen molar-refractivity contribution in [2.75, 3.05) is 13.2 Å². The quantitative estimate of drug-likeness (QED) is 0.748. The number of hydrogen-bond acceptors (Lipinski definition) is 2. The first-order valence-corrected chi connectivity index (χ1v) is 7.48. The van der Waals surface area contributed by atoms with Gasteiger partial charge in [0.1, 0.15) is 0 Å². The van der Waals surface area contributed by atoms with E-state index in [1.165, 1.54) is 11.1 Å². The Hall–Kier alpha value is -1.90. The van der Waals surface area contributed by atoms with Crippen molar-refractivity contribution in [2.24, 2.45) is 0 Å². The Labute approximate surface area is 126 Å². The van der Waals surface area contributed by atoms with Crippen molar-refractivity contribution in [1.82, 2.24) is 4.90 Å². The zero-order valence-electron chi connectivity index (χ0n) is 12.2. The molecule has 0 unspecified atom stereocenters. The summed E-state index contributed by atoms with van der Waals surface area (Å²) in [5.74, 6) is 0. The van der Waals surface area contributed by atoms with Gasteiger partial charge in [-0.3, -0.25) is 4.90 Å². The van der Waals surface area contributed by atoms with Gasteiger partial charge < -0.3 is 4.74 Å². The molecule has 2 nitrogen and oxygen atoms in total. The van der Waals surface area contributed by atoms with Crippen LogP contribution in [0.1, 0.15) is 11.1 Å². The van der Waals surface area contributed by atoms with Crippen LogP contribution < -0.4 is 0 Å². The molecule has 108 valence electrons. The van der Waals surface area contributed by atoms with Crippen molar-refractivity contribution < 1.29 is 4.74 Å². The lowest BCUT2D eigenvalue weighted by Gasteiger charge is -2.25. The van der Waals surface area contributed by atoms with E-state index in [4.69, 9.17) is 4.74 Å². The summed E-state index contributed by atoms with van der Waals surface area (Å²) in [6.45, 7) is 3.57. The average molecular weight is 279 g/mol. The van der Waals surface area contributed by atoms with Crippen LogP contribution in [0.25, 0.3) is 0 Å². The Bertz CT molecular complexity index is 523. The lowest BCUT2D eigenvalue weighted by Crippen LogP contribution is -2.31. The predicted octanol–water partition coefficient (Wildman–Crippen LogP) is 3.64. The number of ether oxygens (including phenoxy) is 1. The van der Waals surface area contributed by atoms with E-state index < -0.39 is 0 Å². The third-order valence-electron chi connectivity index (χ3n) is 3.69. The standard InChI is InChI=1S/C19H21NO/c1-3-8-17(9-4-1)14-20(16-19-12-7-13-21-19)15-18-10-5-2-6-11-18/h1-12,19H,13-16H2/t19-/m0/s1. The smallest absolute Gasteiger partial charge is 0.0888 e. The average Bonchev–Trinajstić information content (AvgIpc) is 3.02.